The maximum atomic E-state index is 9.28. The summed E-state index contributed by atoms with van der Waals surface area (Å²) in [5, 5.41) is 14.1. The van der Waals surface area contributed by atoms with Crippen molar-refractivity contribution in [1.82, 2.24) is 10.3 Å². The topological polar surface area (TPSA) is 48.0 Å². The number of likely N-dealkylation sites (N-methyl/N-ethyl adjacent to an activating group) is 1. The maximum Gasteiger partial charge on any atom is 0.0639 e. The number of aromatic amines is 1. The van der Waals surface area contributed by atoms with Crippen molar-refractivity contribution in [2.75, 3.05) is 13.7 Å². The largest absolute Gasteiger partial charge is 0.392 e. The fourth-order valence-corrected chi connectivity index (χ4v) is 3.15. The second-order valence-electron chi connectivity index (χ2n) is 5.38. The van der Waals surface area contributed by atoms with E-state index in [0.29, 0.717) is 12.0 Å². The quantitative estimate of drug-likeness (QED) is 0.738. The van der Waals surface area contributed by atoms with E-state index in [9.17, 15) is 5.11 Å². The Labute approximate surface area is 113 Å². The van der Waals surface area contributed by atoms with E-state index < -0.39 is 0 Å². The summed E-state index contributed by atoms with van der Waals surface area (Å²) in [7, 11) is 2.01. The Morgan fingerprint density at radius 1 is 1.53 bits per heavy atom. The highest BCUT2D eigenvalue weighted by atomic mass is 16.3. The molecule has 1 aliphatic carbocycles. The van der Waals surface area contributed by atoms with Crippen LogP contribution in [-0.2, 0) is 6.42 Å². The predicted molar refractivity (Wildman–Crippen MR) is 78.4 cm³/mol. The summed E-state index contributed by atoms with van der Waals surface area (Å²) in [6.07, 6.45) is 5.34. The number of hydrogen-bond donors (Lipinski definition) is 3. The molecule has 19 heavy (non-hydrogen) atoms. The molecule has 2 atom stereocenters. The van der Waals surface area contributed by atoms with E-state index in [1.54, 1.807) is 0 Å². The Kier molecular flexibility index (Phi) is 3.17. The van der Waals surface area contributed by atoms with E-state index in [1.807, 2.05) is 14.0 Å². The van der Waals surface area contributed by atoms with Gasteiger partial charge in [0.1, 0.15) is 0 Å². The summed E-state index contributed by atoms with van der Waals surface area (Å²) in [5.41, 5.74) is 4.98. The zero-order valence-electron chi connectivity index (χ0n) is 11.4. The molecule has 0 saturated carbocycles. The SMILES string of the molecule is CNC1Cc2c[nH]c3cccc(c23)C1C=C(C)CO. The Hall–Kier alpha value is -1.58. The van der Waals surface area contributed by atoms with Gasteiger partial charge in [0, 0.05) is 29.1 Å². The van der Waals surface area contributed by atoms with Crippen LogP contribution in [0.25, 0.3) is 10.9 Å². The van der Waals surface area contributed by atoms with Crippen LogP contribution in [0.1, 0.15) is 24.0 Å². The molecule has 1 aromatic carbocycles. The first-order valence-electron chi connectivity index (χ1n) is 6.79. The first-order valence-corrected chi connectivity index (χ1v) is 6.79. The summed E-state index contributed by atoms with van der Waals surface area (Å²) in [4.78, 5) is 3.35. The Bertz CT molecular complexity index is 627. The predicted octanol–water partition coefficient (Wildman–Crippen LogP) is 2.33. The zero-order chi connectivity index (χ0) is 13.4. The third kappa shape index (κ3) is 1.99. The Balaban J connectivity index is 2.17. The van der Waals surface area contributed by atoms with Gasteiger partial charge in [0.15, 0.2) is 0 Å². The number of benzene rings is 1. The van der Waals surface area contributed by atoms with Gasteiger partial charge < -0.3 is 15.4 Å². The van der Waals surface area contributed by atoms with Crippen molar-refractivity contribution in [1.29, 1.82) is 0 Å². The summed E-state index contributed by atoms with van der Waals surface area (Å²) in [6.45, 7) is 2.11. The summed E-state index contributed by atoms with van der Waals surface area (Å²) < 4.78 is 0. The van der Waals surface area contributed by atoms with Crippen molar-refractivity contribution in [3.05, 3.63) is 47.2 Å². The number of nitrogens with one attached hydrogen (secondary N) is 2. The van der Waals surface area contributed by atoms with Gasteiger partial charge in [-0.25, -0.2) is 0 Å². The molecular formula is C16H20N2O. The van der Waals surface area contributed by atoms with Crippen LogP contribution >= 0.6 is 0 Å². The average molecular weight is 256 g/mol. The molecule has 0 aliphatic heterocycles. The van der Waals surface area contributed by atoms with Gasteiger partial charge in [0.2, 0.25) is 0 Å². The Morgan fingerprint density at radius 3 is 3.11 bits per heavy atom. The molecule has 2 unspecified atom stereocenters. The second kappa shape index (κ2) is 4.83. The molecule has 1 heterocycles. The molecule has 0 bridgehead atoms. The Morgan fingerprint density at radius 2 is 2.37 bits per heavy atom. The van der Waals surface area contributed by atoms with E-state index in [1.165, 1.54) is 22.0 Å². The average Bonchev–Trinajstić information content (AvgIpc) is 2.86. The first-order chi connectivity index (χ1) is 9.24. The van der Waals surface area contributed by atoms with Gasteiger partial charge in [-0.1, -0.05) is 23.8 Å². The molecule has 0 amide bonds. The van der Waals surface area contributed by atoms with Crippen molar-refractivity contribution in [2.45, 2.75) is 25.3 Å². The minimum atomic E-state index is 0.128. The van der Waals surface area contributed by atoms with Crippen LogP contribution < -0.4 is 5.32 Å². The number of rotatable bonds is 3. The monoisotopic (exact) mass is 256 g/mol. The molecule has 1 aliphatic rings. The molecule has 100 valence electrons. The van der Waals surface area contributed by atoms with Crippen LogP contribution in [0.15, 0.2) is 36.0 Å². The molecule has 0 saturated heterocycles. The lowest BCUT2D eigenvalue weighted by molar-refractivity contribution is 0.330. The molecule has 3 rings (SSSR count). The fraction of sp³-hybridized carbons (Fsp3) is 0.375. The number of aliphatic hydroxyl groups excluding tert-OH is 1. The lowest BCUT2D eigenvalue weighted by Gasteiger charge is -2.30. The van der Waals surface area contributed by atoms with Gasteiger partial charge in [0.05, 0.1) is 6.61 Å². The molecule has 0 radical (unpaired) electrons. The first kappa shape index (κ1) is 12.5. The molecule has 1 aromatic heterocycles. The molecule has 3 nitrogen and oxygen atoms in total. The van der Waals surface area contributed by atoms with Gasteiger partial charge in [-0.3, -0.25) is 0 Å². The summed E-state index contributed by atoms with van der Waals surface area (Å²) >= 11 is 0. The standard InChI is InChI=1S/C16H20N2O/c1-10(9-19)6-13-12-4-3-5-14-16(12)11(8-18-14)7-15(13)17-2/h3-6,8,13,15,17-19H,7,9H2,1-2H3. The molecule has 3 N–H and O–H groups in total. The van der Waals surface area contributed by atoms with Crippen LogP contribution in [0.3, 0.4) is 0 Å². The zero-order valence-corrected chi connectivity index (χ0v) is 11.4. The van der Waals surface area contributed by atoms with Crippen molar-refractivity contribution >= 4 is 10.9 Å². The third-order valence-electron chi connectivity index (χ3n) is 4.14. The highest BCUT2D eigenvalue weighted by Crippen LogP contribution is 2.37. The minimum Gasteiger partial charge on any atom is -0.392 e. The number of hydrogen-bond acceptors (Lipinski definition) is 2. The molecule has 0 spiro atoms. The van der Waals surface area contributed by atoms with Crippen LogP contribution in [0, 0.1) is 0 Å². The lowest BCUT2D eigenvalue weighted by atomic mass is 9.79. The van der Waals surface area contributed by atoms with E-state index in [4.69, 9.17) is 0 Å². The van der Waals surface area contributed by atoms with Crippen molar-refractivity contribution in [2.24, 2.45) is 0 Å². The smallest absolute Gasteiger partial charge is 0.0639 e. The van der Waals surface area contributed by atoms with Crippen LogP contribution in [-0.4, -0.2) is 29.8 Å². The maximum absolute atomic E-state index is 9.28. The highest BCUT2D eigenvalue weighted by Gasteiger charge is 2.28. The molecule has 3 heteroatoms. The van der Waals surface area contributed by atoms with Gasteiger partial charge in [-0.05, 0) is 37.6 Å². The van der Waals surface area contributed by atoms with E-state index in [0.717, 1.165) is 12.0 Å². The minimum absolute atomic E-state index is 0.128. The normalized spacial score (nSPS) is 23.0. The van der Waals surface area contributed by atoms with E-state index >= 15 is 0 Å². The molecule has 0 fully saturated rings. The van der Waals surface area contributed by atoms with Gasteiger partial charge in [-0.2, -0.15) is 0 Å². The fourth-order valence-electron chi connectivity index (χ4n) is 3.15. The van der Waals surface area contributed by atoms with Gasteiger partial charge in [-0.15, -0.1) is 0 Å². The molecular weight excluding hydrogens is 236 g/mol. The molecule has 2 aromatic rings. The lowest BCUT2D eigenvalue weighted by Crippen LogP contribution is -2.35. The second-order valence-corrected chi connectivity index (χ2v) is 5.38. The van der Waals surface area contributed by atoms with Crippen molar-refractivity contribution in [3.8, 4) is 0 Å². The summed E-state index contributed by atoms with van der Waals surface area (Å²) in [5.74, 6) is 0.323. The highest BCUT2D eigenvalue weighted by molar-refractivity contribution is 5.88. The third-order valence-corrected chi connectivity index (χ3v) is 4.14. The van der Waals surface area contributed by atoms with Crippen LogP contribution in [0.2, 0.25) is 0 Å². The summed E-state index contributed by atoms with van der Waals surface area (Å²) in [6, 6.07) is 6.82. The van der Waals surface area contributed by atoms with E-state index in [2.05, 4.69) is 40.8 Å². The van der Waals surface area contributed by atoms with Crippen molar-refractivity contribution in [3.63, 3.8) is 0 Å². The van der Waals surface area contributed by atoms with Crippen LogP contribution in [0.5, 0.6) is 0 Å². The van der Waals surface area contributed by atoms with E-state index in [-0.39, 0.29) is 6.61 Å². The number of aromatic nitrogens is 1. The van der Waals surface area contributed by atoms with Crippen molar-refractivity contribution < 1.29 is 5.11 Å². The van der Waals surface area contributed by atoms with Crippen LogP contribution in [0.4, 0.5) is 0 Å². The van der Waals surface area contributed by atoms with Gasteiger partial charge >= 0.3 is 0 Å². The number of H-pyrrole nitrogens is 1. The number of aliphatic hydroxyl groups is 1. The van der Waals surface area contributed by atoms with Gasteiger partial charge in [0.25, 0.3) is 0 Å².